The normalized spacial score (nSPS) is 11.5. The molecule has 0 bridgehead atoms. The van der Waals surface area contributed by atoms with Crippen LogP contribution in [0.15, 0.2) is 83.8 Å². The first-order valence-electron chi connectivity index (χ1n) is 8.67. The lowest BCUT2D eigenvalue weighted by Crippen LogP contribution is -1.96. The molecule has 0 radical (unpaired) electrons. The van der Waals surface area contributed by atoms with Gasteiger partial charge in [-0.3, -0.25) is 0 Å². The summed E-state index contributed by atoms with van der Waals surface area (Å²) in [5.41, 5.74) is 4.20. The van der Waals surface area contributed by atoms with Crippen molar-refractivity contribution in [1.29, 1.82) is 0 Å². The van der Waals surface area contributed by atoms with Gasteiger partial charge in [-0.15, -0.1) is 0 Å². The van der Waals surface area contributed by atoms with Gasteiger partial charge in [0.15, 0.2) is 9.84 Å². The fourth-order valence-electron chi connectivity index (χ4n) is 3.01. The second-order valence-corrected chi connectivity index (χ2v) is 8.53. The van der Waals surface area contributed by atoms with Crippen molar-refractivity contribution in [2.45, 2.75) is 4.90 Å². The Morgan fingerprint density at radius 1 is 0.786 bits per heavy atom. The first-order chi connectivity index (χ1) is 13.4. The Balaban J connectivity index is 1.86. The number of hydrogen-bond acceptors (Lipinski definition) is 4. The quantitative estimate of drug-likeness (QED) is 0.537. The molecule has 28 heavy (non-hydrogen) atoms. The molecular formula is C22H18N2O3S. The molecule has 0 saturated carbocycles. The Bertz CT molecular complexity index is 1210. The predicted molar refractivity (Wildman–Crippen MR) is 110 cm³/mol. The van der Waals surface area contributed by atoms with Crippen LogP contribution in [0.5, 0.6) is 5.75 Å². The maximum Gasteiger partial charge on any atom is 0.175 e. The molecule has 0 aliphatic heterocycles. The summed E-state index contributed by atoms with van der Waals surface area (Å²) < 4.78 is 23.5. The highest BCUT2D eigenvalue weighted by molar-refractivity contribution is 7.90. The summed E-state index contributed by atoms with van der Waals surface area (Å²) in [6, 6.07) is 23.3. The van der Waals surface area contributed by atoms with Gasteiger partial charge in [0.1, 0.15) is 11.6 Å². The first-order valence-corrected chi connectivity index (χ1v) is 10.6. The standard InChI is InChI=1S/C22H18N2O3S/c1-28(26,27)19-13-9-16(10-14-19)21-20(15-5-3-2-4-6-15)23-22(24-21)17-7-11-18(25)12-8-17/h2-14,25H,1H3,(H,23,24). The summed E-state index contributed by atoms with van der Waals surface area (Å²) in [6.45, 7) is 0. The SMILES string of the molecule is CS(=O)(=O)c1ccc(-c2[nH]c(-c3ccc(O)cc3)nc2-c2ccccc2)cc1. The number of nitrogens with zero attached hydrogens (tertiary/aromatic N) is 1. The maximum atomic E-state index is 11.7. The predicted octanol–water partition coefficient (Wildman–Crippen LogP) is 4.52. The van der Waals surface area contributed by atoms with Crippen molar-refractivity contribution in [3.8, 4) is 39.7 Å². The molecule has 4 rings (SSSR count). The zero-order chi connectivity index (χ0) is 19.7. The molecule has 140 valence electrons. The number of aromatic hydroxyl groups is 1. The highest BCUT2D eigenvalue weighted by Crippen LogP contribution is 2.33. The minimum Gasteiger partial charge on any atom is -0.508 e. The number of phenolic OH excluding ortho intramolecular Hbond substituents is 1. The molecule has 5 nitrogen and oxygen atoms in total. The number of H-pyrrole nitrogens is 1. The third kappa shape index (κ3) is 3.54. The van der Waals surface area contributed by atoms with E-state index in [0.29, 0.717) is 5.82 Å². The number of imidazole rings is 1. The van der Waals surface area contributed by atoms with Gasteiger partial charge in [0.2, 0.25) is 0 Å². The van der Waals surface area contributed by atoms with Crippen molar-refractivity contribution in [3.63, 3.8) is 0 Å². The third-order valence-corrected chi connectivity index (χ3v) is 5.59. The molecule has 3 aromatic carbocycles. The fourth-order valence-corrected chi connectivity index (χ4v) is 3.64. The van der Waals surface area contributed by atoms with Crippen LogP contribution >= 0.6 is 0 Å². The molecule has 0 aliphatic carbocycles. The zero-order valence-corrected chi connectivity index (χ0v) is 15.9. The van der Waals surface area contributed by atoms with Gasteiger partial charge in [-0.05, 0) is 36.4 Å². The molecule has 0 fully saturated rings. The summed E-state index contributed by atoms with van der Waals surface area (Å²) in [6.07, 6.45) is 1.19. The maximum absolute atomic E-state index is 11.7. The Kier molecular flexibility index (Phi) is 4.49. The van der Waals surface area contributed by atoms with Gasteiger partial charge in [-0.2, -0.15) is 0 Å². The molecule has 0 aliphatic rings. The lowest BCUT2D eigenvalue weighted by molar-refractivity contribution is 0.475. The van der Waals surface area contributed by atoms with E-state index in [0.717, 1.165) is 28.1 Å². The van der Waals surface area contributed by atoms with Crippen LogP contribution in [0, 0.1) is 0 Å². The third-order valence-electron chi connectivity index (χ3n) is 4.46. The number of sulfone groups is 1. The molecular weight excluding hydrogens is 372 g/mol. The number of hydrogen-bond donors (Lipinski definition) is 2. The average Bonchev–Trinajstić information content (AvgIpc) is 3.14. The van der Waals surface area contributed by atoms with Crippen molar-refractivity contribution >= 4 is 9.84 Å². The van der Waals surface area contributed by atoms with E-state index in [2.05, 4.69) is 4.98 Å². The second-order valence-electron chi connectivity index (χ2n) is 6.52. The van der Waals surface area contributed by atoms with Crippen LogP contribution in [0.1, 0.15) is 0 Å². The molecule has 0 atom stereocenters. The molecule has 2 N–H and O–H groups in total. The Morgan fingerprint density at radius 3 is 2.00 bits per heavy atom. The highest BCUT2D eigenvalue weighted by Gasteiger charge is 2.16. The minimum absolute atomic E-state index is 0.190. The molecule has 4 aromatic rings. The number of benzene rings is 3. The van der Waals surface area contributed by atoms with Crippen LogP contribution in [-0.2, 0) is 9.84 Å². The van der Waals surface area contributed by atoms with Crippen molar-refractivity contribution in [3.05, 3.63) is 78.9 Å². The molecule has 1 aromatic heterocycles. The largest absolute Gasteiger partial charge is 0.508 e. The van der Waals surface area contributed by atoms with E-state index >= 15 is 0 Å². The summed E-state index contributed by atoms with van der Waals surface area (Å²) in [4.78, 5) is 8.39. The van der Waals surface area contributed by atoms with Gasteiger partial charge in [0.25, 0.3) is 0 Å². The van der Waals surface area contributed by atoms with Gasteiger partial charge < -0.3 is 10.1 Å². The van der Waals surface area contributed by atoms with Crippen LogP contribution in [-0.4, -0.2) is 29.7 Å². The van der Waals surface area contributed by atoms with Crippen molar-refractivity contribution in [1.82, 2.24) is 9.97 Å². The van der Waals surface area contributed by atoms with Crippen molar-refractivity contribution < 1.29 is 13.5 Å². The van der Waals surface area contributed by atoms with Gasteiger partial charge in [-0.1, -0.05) is 42.5 Å². The van der Waals surface area contributed by atoms with Gasteiger partial charge >= 0.3 is 0 Å². The summed E-state index contributed by atoms with van der Waals surface area (Å²) in [7, 11) is -3.26. The number of aromatic nitrogens is 2. The molecule has 0 saturated heterocycles. The first kappa shape index (κ1) is 18.0. The number of phenols is 1. The van der Waals surface area contributed by atoms with Crippen LogP contribution in [0.3, 0.4) is 0 Å². The van der Waals surface area contributed by atoms with Gasteiger partial charge in [0, 0.05) is 22.9 Å². The zero-order valence-electron chi connectivity index (χ0n) is 15.1. The number of rotatable bonds is 4. The molecule has 1 heterocycles. The monoisotopic (exact) mass is 390 g/mol. The van der Waals surface area contributed by atoms with Crippen molar-refractivity contribution in [2.75, 3.05) is 6.26 Å². The Hall–Kier alpha value is -3.38. The lowest BCUT2D eigenvalue weighted by atomic mass is 10.1. The van der Waals surface area contributed by atoms with E-state index in [1.54, 1.807) is 48.5 Å². The fraction of sp³-hybridized carbons (Fsp3) is 0.0455. The van der Waals surface area contributed by atoms with E-state index in [1.807, 2.05) is 30.3 Å². The minimum atomic E-state index is -3.26. The molecule has 0 spiro atoms. The number of nitrogens with one attached hydrogen (secondary N) is 1. The summed E-state index contributed by atoms with van der Waals surface area (Å²) in [5.74, 6) is 0.858. The van der Waals surface area contributed by atoms with E-state index in [-0.39, 0.29) is 10.6 Å². The highest BCUT2D eigenvalue weighted by atomic mass is 32.2. The van der Waals surface area contributed by atoms with Gasteiger partial charge in [0.05, 0.1) is 16.3 Å². The van der Waals surface area contributed by atoms with Gasteiger partial charge in [-0.25, -0.2) is 13.4 Å². The van der Waals surface area contributed by atoms with E-state index in [4.69, 9.17) is 4.98 Å². The van der Waals surface area contributed by atoms with Crippen LogP contribution < -0.4 is 0 Å². The lowest BCUT2D eigenvalue weighted by Gasteiger charge is -2.04. The number of aromatic amines is 1. The van der Waals surface area contributed by atoms with E-state index < -0.39 is 9.84 Å². The second kappa shape index (κ2) is 6.98. The average molecular weight is 390 g/mol. The van der Waals surface area contributed by atoms with Crippen LogP contribution in [0.4, 0.5) is 0 Å². The van der Waals surface area contributed by atoms with Crippen molar-refractivity contribution in [2.24, 2.45) is 0 Å². The Morgan fingerprint density at radius 2 is 1.39 bits per heavy atom. The molecule has 0 unspecified atom stereocenters. The molecule has 6 heteroatoms. The topological polar surface area (TPSA) is 83.0 Å². The summed E-state index contributed by atoms with van der Waals surface area (Å²) >= 11 is 0. The summed E-state index contributed by atoms with van der Waals surface area (Å²) in [5, 5.41) is 9.53. The van der Waals surface area contributed by atoms with Crippen LogP contribution in [0.2, 0.25) is 0 Å². The smallest absolute Gasteiger partial charge is 0.175 e. The Labute approximate surface area is 163 Å². The van der Waals surface area contributed by atoms with Crippen LogP contribution in [0.25, 0.3) is 33.9 Å². The van der Waals surface area contributed by atoms with E-state index in [9.17, 15) is 13.5 Å². The molecule has 0 amide bonds. The van der Waals surface area contributed by atoms with E-state index in [1.165, 1.54) is 6.26 Å².